The van der Waals surface area contributed by atoms with Gasteiger partial charge < -0.3 is 10.0 Å². The van der Waals surface area contributed by atoms with Crippen molar-refractivity contribution in [2.45, 2.75) is 47.8 Å². The van der Waals surface area contributed by atoms with Crippen LogP contribution in [0.2, 0.25) is 0 Å². The van der Waals surface area contributed by atoms with Crippen LogP contribution in [0.3, 0.4) is 0 Å². The molecule has 7 nitrogen and oxygen atoms in total. The minimum Gasteiger partial charge on any atom is -0.465 e. The average Bonchev–Trinajstić information content (AvgIpc) is 2.67. The van der Waals surface area contributed by atoms with Crippen LogP contribution in [0.5, 0.6) is 0 Å². The summed E-state index contributed by atoms with van der Waals surface area (Å²) in [4.78, 5) is 26.7. The van der Waals surface area contributed by atoms with E-state index in [1.807, 2.05) is 19.9 Å². The molecule has 1 aliphatic heterocycles. The second kappa shape index (κ2) is 8.85. The van der Waals surface area contributed by atoms with E-state index in [1.54, 1.807) is 36.2 Å². The number of likely N-dealkylation sites (tertiary alicyclic amines) is 1. The minimum atomic E-state index is -3.29. The summed E-state index contributed by atoms with van der Waals surface area (Å²) >= 11 is 1.61. The van der Waals surface area contributed by atoms with Crippen molar-refractivity contribution in [3.8, 4) is 5.69 Å². The first-order chi connectivity index (χ1) is 14.1. The Labute approximate surface area is 180 Å². The quantitative estimate of drug-likeness (QED) is 0.749. The molecular weight excluding hydrogens is 424 g/mol. The zero-order chi connectivity index (χ0) is 22.1. The van der Waals surface area contributed by atoms with Gasteiger partial charge in [-0.05, 0) is 49.1 Å². The average molecular weight is 451 g/mol. The maximum Gasteiger partial charge on any atom is 0.407 e. The van der Waals surface area contributed by atoms with Crippen LogP contribution in [0.4, 0.5) is 4.79 Å². The van der Waals surface area contributed by atoms with Gasteiger partial charge in [0.1, 0.15) is 0 Å². The number of pyridine rings is 1. The Hall–Kier alpha value is -2.26. The van der Waals surface area contributed by atoms with Crippen molar-refractivity contribution < 1.29 is 18.3 Å². The van der Waals surface area contributed by atoms with E-state index >= 15 is 0 Å². The summed E-state index contributed by atoms with van der Waals surface area (Å²) < 4.78 is 24.7. The Morgan fingerprint density at radius 3 is 2.40 bits per heavy atom. The van der Waals surface area contributed by atoms with Crippen molar-refractivity contribution >= 4 is 27.7 Å². The predicted molar refractivity (Wildman–Crippen MR) is 117 cm³/mol. The van der Waals surface area contributed by atoms with Crippen molar-refractivity contribution in [3.05, 3.63) is 52.9 Å². The van der Waals surface area contributed by atoms with Gasteiger partial charge in [0.15, 0.2) is 9.84 Å². The third kappa shape index (κ3) is 5.07. The zero-order valence-electron chi connectivity index (χ0n) is 17.2. The molecule has 2 unspecified atom stereocenters. The molecule has 1 fully saturated rings. The van der Waals surface area contributed by atoms with E-state index in [0.29, 0.717) is 12.2 Å². The van der Waals surface area contributed by atoms with E-state index in [2.05, 4.69) is 0 Å². The molecule has 0 aliphatic carbocycles. The Balaban J connectivity index is 1.74. The Bertz CT molecular complexity index is 1080. The van der Waals surface area contributed by atoms with E-state index in [4.69, 9.17) is 0 Å². The zero-order valence-corrected chi connectivity index (χ0v) is 18.8. The first kappa shape index (κ1) is 22.4. The van der Waals surface area contributed by atoms with Gasteiger partial charge in [-0.3, -0.25) is 9.36 Å². The normalized spacial score (nSPS) is 19.8. The lowest BCUT2D eigenvalue weighted by atomic mass is 9.93. The van der Waals surface area contributed by atoms with Gasteiger partial charge in [-0.25, -0.2) is 13.2 Å². The number of rotatable bonds is 5. The molecule has 0 saturated carbocycles. The van der Waals surface area contributed by atoms with Crippen LogP contribution >= 0.6 is 11.8 Å². The first-order valence-electron chi connectivity index (χ1n) is 9.75. The summed E-state index contributed by atoms with van der Waals surface area (Å²) in [5.74, 6) is 0.229. The maximum absolute atomic E-state index is 12.6. The van der Waals surface area contributed by atoms with Crippen molar-refractivity contribution in [1.29, 1.82) is 0 Å². The number of sulfone groups is 1. The van der Waals surface area contributed by atoms with E-state index in [9.17, 15) is 23.1 Å². The molecule has 2 heterocycles. The highest BCUT2D eigenvalue weighted by molar-refractivity contribution is 8.00. The summed E-state index contributed by atoms with van der Waals surface area (Å²) in [7, 11) is -3.29. The van der Waals surface area contributed by atoms with Crippen LogP contribution in [0.1, 0.15) is 26.7 Å². The van der Waals surface area contributed by atoms with Crippen molar-refractivity contribution in [3.63, 3.8) is 0 Å². The lowest BCUT2D eigenvalue weighted by Gasteiger charge is -2.39. The summed E-state index contributed by atoms with van der Waals surface area (Å²) in [6, 6.07) is 9.61. The van der Waals surface area contributed by atoms with Crippen LogP contribution in [-0.2, 0) is 9.84 Å². The molecule has 0 spiro atoms. The highest BCUT2D eigenvalue weighted by atomic mass is 32.2. The first-order valence-corrected chi connectivity index (χ1v) is 12.5. The molecule has 9 heteroatoms. The van der Waals surface area contributed by atoms with E-state index in [-0.39, 0.29) is 27.7 Å². The summed E-state index contributed by atoms with van der Waals surface area (Å²) in [5, 5.41) is 9.66. The van der Waals surface area contributed by atoms with Gasteiger partial charge in [0.2, 0.25) is 0 Å². The molecule has 1 N–H and O–H groups in total. The maximum atomic E-state index is 12.6. The molecule has 1 aliphatic rings. The number of piperidine rings is 1. The fraction of sp³-hybridized carbons (Fsp3) is 0.429. The third-order valence-corrected chi connectivity index (χ3v) is 7.76. The number of benzene rings is 1. The van der Waals surface area contributed by atoms with Crippen LogP contribution in [0.25, 0.3) is 5.69 Å². The van der Waals surface area contributed by atoms with Crippen LogP contribution in [0, 0.1) is 5.92 Å². The number of carboxylic acid groups (broad SMARTS) is 1. The predicted octanol–water partition coefficient (Wildman–Crippen LogP) is 3.50. The topological polar surface area (TPSA) is 96.7 Å². The second-order valence-corrected chi connectivity index (χ2v) is 11.3. The number of hydrogen-bond acceptors (Lipinski definition) is 5. The number of carbonyl (C=O) groups is 1. The van der Waals surface area contributed by atoms with Gasteiger partial charge in [0.05, 0.1) is 4.90 Å². The number of hydrogen-bond donors (Lipinski definition) is 1. The van der Waals surface area contributed by atoms with E-state index < -0.39 is 15.9 Å². The highest BCUT2D eigenvalue weighted by Crippen LogP contribution is 2.34. The van der Waals surface area contributed by atoms with Crippen LogP contribution in [0.15, 0.2) is 57.2 Å². The summed E-state index contributed by atoms with van der Waals surface area (Å²) in [5.41, 5.74) is 0.397. The molecule has 2 atom stereocenters. The van der Waals surface area contributed by atoms with Gasteiger partial charge in [-0.1, -0.05) is 13.8 Å². The molecule has 3 rings (SSSR count). The second-order valence-electron chi connectivity index (χ2n) is 7.89. The number of amides is 1. The largest absolute Gasteiger partial charge is 0.465 e. The smallest absolute Gasteiger partial charge is 0.407 e. The molecule has 1 aromatic heterocycles. The molecule has 30 heavy (non-hydrogen) atoms. The number of thioether (sulfide) groups is 1. The molecule has 1 amide bonds. The molecule has 2 aromatic rings. The van der Waals surface area contributed by atoms with Crippen molar-refractivity contribution in [2.24, 2.45) is 5.92 Å². The molecular formula is C21H26N2O5S2. The van der Waals surface area contributed by atoms with E-state index in [0.717, 1.165) is 24.0 Å². The molecule has 0 radical (unpaired) electrons. The number of aromatic nitrogens is 1. The molecule has 1 saturated heterocycles. The molecule has 1 aromatic carbocycles. The Morgan fingerprint density at radius 1 is 1.20 bits per heavy atom. The summed E-state index contributed by atoms with van der Waals surface area (Å²) in [6.45, 7) is 4.56. The Kier molecular flexibility index (Phi) is 6.62. The third-order valence-electron chi connectivity index (χ3n) is 5.35. The fourth-order valence-corrected chi connectivity index (χ4v) is 5.57. The standard InChI is InChI=1S/C21H26N2O5S2/c1-14(2)19-12-16(9-11-23(19)21(25)26)29-17-8-10-22(20(24)13-17)15-4-6-18(7-5-15)30(3,27)28/h4-8,10,13-14,16,19H,9,11-12H2,1-3H3,(H,25,26). The minimum absolute atomic E-state index is 0.0255. The SMILES string of the molecule is CC(C)C1CC(Sc2ccn(-c3ccc(S(C)(=O)=O)cc3)c(=O)c2)CCN1C(=O)O. The Morgan fingerprint density at radius 2 is 1.87 bits per heavy atom. The van der Waals surface area contributed by atoms with Gasteiger partial charge in [-0.2, -0.15) is 0 Å². The lowest BCUT2D eigenvalue weighted by Crippen LogP contribution is -2.48. The van der Waals surface area contributed by atoms with Gasteiger partial charge in [-0.15, -0.1) is 11.8 Å². The van der Waals surface area contributed by atoms with Gasteiger partial charge in [0, 0.05) is 46.9 Å². The van der Waals surface area contributed by atoms with Crippen molar-refractivity contribution in [2.75, 3.05) is 12.8 Å². The lowest BCUT2D eigenvalue weighted by molar-refractivity contribution is 0.0910. The molecule has 0 bridgehead atoms. The van der Waals surface area contributed by atoms with Gasteiger partial charge in [0.25, 0.3) is 5.56 Å². The van der Waals surface area contributed by atoms with Crippen LogP contribution < -0.4 is 5.56 Å². The molecule has 162 valence electrons. The van der Waals surface area contributed by atoms with Gasteiger partial charge >= 0.3 is 6.09 Å². The number of nitrogens with zero attached hydrogens (tertiary/aromatic N) is 2. The highest BCUT2D eigenvalue weighted by Gasteiger charge is 2.33. The fourth-order valence-electron chi connectivity index (χ4n) is 3.73. The van der Waals surface area contributed by atoms with Crippen LogP contribution in [-0.4, -0.2) is 53.2 Å². The van der Waals surface area contributed by atoms with E-state index in [1.165, 1.54) is 21.6 Å². The van der Waals surface area contributed by atoms with Crippen molar-refractivity contribution in [1.82, 2.24) is 9.47 Å². The summed E-state index contributed by atoms with van der Waals surface area (Å²) in [6.07, 6.45) is 3.46. The monoisotopic (exact) mass is 450 g/mol.